The summed E-state index contributed by atoms with van der Waals surface area (Å²) in [5, 5.41) is 5.98. The molecule has 0 saturated carbocycles. The first kappa shape index (κ1) is 27.4. The number of nitrogens with two attached hydrogens (primary N) is 1. The third kappa shape index (κ3) is 9.96. The Hall–Kier alpha value is -2.86. The first-order valence-corrected chi connectivity index (χ1v) is 12.4. The highest BCUT2D eigenvalue weighted by Crippen LogP contribution is 2.19. The summed E-state index contributed by atoms with van der Waals surface area (Å²) in [4.78, 5) is 25.2. The molecule has 0 aliphatic carbocycles. The van der Waals surface area contributed by atoms with E-state index in [1.165, 1.54) is 0 Å². The van der Waals surface area contributed by atoms with Crippen molar-refractivity contribution in [1.29, 1.82) is 0 Å². The number of hydrogen-bond donors (Lipinski definition) is 3. The first-order chi connectivity index (χ1) is 16.3. The minimum absolute atomic E-state index is 0.106. The van der Waals surface area contributed by atoms with E-state index in [2.05, 4.69) is 24.5 Å². The van der Waals surface area contributed by atoms with Gasteiger partial charge in [-0.05, 0) is 47.9 Å². The zero-order valence-corrected chi connectivity index (χ0v) is 21.1. The lowest BCUT2D eigenvalue weighted by Crippen LogP contribution is -2.45. The third-order valence-corrected chi connectivity index (χ3v) is 5.68. The SMILES string of the molecule is CCCC(C)COc1ccc([C@H](CNC(=O)[C@H](N)CC(C)C)NC(=O)Cc2ccccc2)cc1. The van der Waals surface area contributed by atoms with Gasteiger partial charge in [0.05, 0.1) is 25.1 Å². The highest BCUT2D eigenvalue weighted by Gasteiger charge is 2.20. The maximum absolute atomic E-state index is 12.8. The van der Waals surface area contributed by atoms with E-state index < -0.39 is 6.04 Å². The molecule has 2 amide bonds. The smallest absolute Gasteiger partial charge is 0.237 e. The molecule has 0 radical (unpaired) electrons. The van der Waals surface area contributed by atoms with Gasteiger partial charge in [-0.25, -0.2) is 0 Å². The average molecular weight is 468 g/mol. The molecule has 4 N–H and O–H groups in total. The number of benzene rings is 2. The van der Waals surface area contributed by atoms with Crippen LogP contribution in [-0.2, 0) is 16.0 Å². The van der Waals surface area contributed by atoms with Crippen molar-refractivity contribution in [1.82, 2.24) is 10.6 Å². The fraction of sp³-hybridized carbons (Fsp3) is 0.500. The highest BCUT2D eigenvalue weighted by molar-refractivity contribution is 5.82. The standard InChI is InChI=1S/C28H41N3O3/c1-5-9-21(4)19-34-24-14-12-23(13-15-24)26(18-30-28(33)25(29)16-20(2)3)31-27(32)17-22-10-7-6-8-11-22/h6-8,10-15,20-21,25-26H,5,9,16-19,29H2,1-4H3,(H,30,33)(H,31,32)/t21?,25-,26+/m1/s1. The molecule has 2 aromatic carbocycles. The third-order valence-electron chi connectivity index (χ3n) is 5.68. The Bertz CT molecular complexity index is 868. The molecule has 0 spiro atoms. The monoisotopic (exact) mass is 467 g/mol. The normalized spacial score (nSPS) is 13.7. The van der Waals surface area contributed by atoms with E-state index in [0.717, 1.165) is 29.7 Å². The van der Waals surface area contributed by atoms with Gasteiger partial charge >= 0.3 is 0 Å². The van der Waals surface area contributed by atoms with Crippen LogP contribution in [0.25, 0.3) is 0 Å². The molecular weight excluding hydrogens is 426 g/mol. The van der Waals surface area contributed by atoms with Crippen LogP contribution in [0.4, 0.5) is 0 Å². The van der Waals surface area contributed by atoms with Gasteiger partial charge in [0.25, 0.3) is 0 Å². The molecule has 0 heterocycles. The second-order valence-corrected chi connectivity index (χ2v) is 9.54. The molecule has 34 heavy (non-hydrogen) atoms. The number of hydrogen-bond acceptors (Lipinski definition) is 4. The molecule has 0 aliphatic heterocycles. The van der Waals surface area contributed by atoms with Crippen LogP contribution in [0, 0.1) is 11.8 Å². The van der Waals surface area contributed by atoms with Gasteiger partial charge in [-0.15, -0.1) is 0 Å². The lowest BCUT2D eigenvalue weighted by Gasteiger charge is -2.22. The Morgan fingerprint density at radius 2 is 1.68 bits per heavy atom. The topological polar surface area (TPSA) is 93.4 Å². The van der Waals surface area contributed by atoms with Crippen molar-refractivity contribution in [3.8, 4) is 5.75 Å². The minimum atomic E-state index is -0.568. The van der Waals surface area contributed by atoms with Gasteiger partial charge in [-0.1, -0.05) is 76.6 Å². The highest BCUT2D eigenvalue weighted by atomic mass is 16.5. The van der Waals surface area contributed by atoms with E-state index in [1.54, 1.807) is 0 Å². The van der Waals surface area contributed by atoms with E-state index in [1.807, 2.05) is 68.4 Å². The molecule has 2 aromatic rings. The number of rotatable bonds is 14. The second kappa shape index (κ2) is 14.4. The molecule has 0 aliphatic rings. The van der Waals surface area contributed by atoms with E-state index >= 15 is 0 Å². The van der Waals surface area contributed by atoms with Crippen molar-refractivity contribution in [3.63, 3.8) is 0 Å². The second-order valence-electron chi connectivity index (χ2n) is 9.54. The number of nitrogens with one attached hydrogen (secondary N) is 2. The largest absolute Gasteiger partial charge is 0.493 e. The van der Waals surface area contributed by atoms with Crippen molar-refractivity contribution in [2.75, 3.05) is 13.2 Å². The van der Waals surface area contributed by atoms with Crippen molar-refractivity contribution in [2.24, 2.45) is 17.6 Å². The van der Waals surface area contributed by atoms with Gasteiger partial charge in [-0.3, -0.25) is 9.59 Å². The Kier molecular flexibility index (Phi) is 11.6. The van der Waals surface area contributed by atoms with Gasteiger partial charge in [0.15, 0.2) is 0 Å². The number of ether oxygens (including phenoxy) is 1. The Labute approximate surface area is 204 Å². The molecule has 0 aromatic heterocycles. The van der Waals surface area contributed by atoms with E-state index in [9.17, 15) is 9.59 Å². The lowest BCUT2D eigenvalue weighted by atomic mass is 10.0. The van der Waals surface area contributed by atoms with Crippen molar-refractivity contribution < 1.29 is 14.3 Å². The van der Waals surface area contributed by atoms with E-state index in [0.29, 0.717) is 24.9 Å². The van der Waals surface area contributed by atoms with E-state index in [4.69, 9.17) is 10.5 Å². The van der Waals surface area contributed by atoms with Gasteiger partial charge < -0.3 is 21.1 Å². The Morgan fingerprint density at radius 3 is 2.29 bits per heavy atom. The maximum atomic E-state index is 12.8. The molecule has 0 saturated heterocycles. The van der Waals surface area contributed by atoms with Gasteiger partial charge in [0.1, 0.15) is 5.75 Å². The van der Waals surface area contributed by atoms with Crippen LogP contribution in [0.15, 0.2) is 54.6 Å². The molecular formula is C28H41N3O3. The molecule has 1 unspecified atom stereocenters. The maximum Gasteiger partial charge on any atom is 0.237 e. The Morgan fingerprint density at radius 1 is 1.00 bits per heavy atom. The predicted molar refractivity (Wildman–Crippen MR) is 137 cm³/mol. The Balaban J connectivity index is 2.06. The number of carbonyl (C=O) groups is 2. The zero-order chi connectivity index (χ0) is 24.9. The summed E-state index contributed by atoms with van der Waals surface area (Å²) in [6.07, 6.45) is 3.15. The summed E-state index contributed by atoms with van der Waals surface area (Å²) in [5.41, 5.74) is 7.86. The summed E-state index contributed by atoms with van der Waals surface area (Å²) in [6.45, 7) is 9.36. The summed E-state index contributed by atoms with van der Waals surface area (Å²) in [7, 11) is 0. The van der Waals surface area contributed by atoms with Crippen LogP contribution < -0.4 is 21.1 Å². The van der Waals surface area contributed by atoms with E-state index in [-0.39, 0.29) is 30.8 Å². The van der Waals surface area contributed by atoms with Gasteiger partial charge in [0.2, 0.25) is 11.8 Å². The molecule has 6 nitrogen and oxygen atoms in total. The molecule has 186 valence electrons. The predicted octanol–water partition coefficient (Wildman–Crippen LogP) is 4.39. The average Bonchev–Trinajstić information content (AvgIpc) is 2.81. The quantitative estimate of drug-likeness (QED) is 0.384. The molecule has 6 heteroatoms. The van der Waals surface area contributed by atoms with Crippen LogP contribution in [0.1, 0.15) is 64.1 Å². The summed E-state index contributed by atoms with van der Waals surface area (Å²) < 4.78 is 5.91. The molecule has 3 atom stereocenters. The fourth-order valence-electron chi connectivity index (χ4n) is 3.84. The van der Waals surface area contributed by atoms with Crippen LogP contribution in [0.2, 0.25) is 0 Å². The van der Waals surface area contributed by atoms with Crippen molar-refractivity contribution in [2.45, 2.75) is 65.5 Å². The van der Waals surface area contributed by atoms with Crippen LogP contribution in [0.3, 0.4) is 0 Å². The first-order valence-electron chi connectivity index (χ1n) is 12.4. The fourth-order valence-corrected chi connectivity index (χ4v) is 3.84. The zero-order valence-electron chi connectivity index (χ0n) is 21.1. The molecule has 0 fully saturated rings. The van der Waals surface area contributed by atoms with Crippen LogP contribution >= 0.6 is 0 Å². The van der Waals surface area contributed by atoms with Gasteiger partial charge in [0, 0.05) is 6.54 Å². The van der Waals surface area contributed by atoms with Crippen LogP contribution in [0.5, 0.6) is 5.75 Å². The van der Waals surface area contributed by atoms with Crippen molar-refractivity contribution in [3.05, 3.63) is 65.7 Å². The summed E-state index contributed by atoms with van der Waals surface area (Å²) in [6, 6.07) is 16.4. The van der Waals surface area contributed by atoms with Crippen LogP contribution in [-0.4, -0.2) is 31.0 Å². The summed E-state index contributed by atoms with van der Waals surface area (Å²) in [5.74, 6) is 1.31. The van der Waals surface area contributed by atoms with Gasteiger partial charge in [-0.2, -0.15) is 0 Å². The van der Waals surface area contributed by atoms with Crippen molar-refractivity contribution >= 4 is 11.8 Å². The number of carbonyl (C=O) groups excluding carboxylic acids is 2. The molecule has 2 rings (SSSR count). The lowest BCUT2D eigenvalue weighted by molar-refractivity contribution is -0.124. The summed E-state index contributed by atoms with van der Waals surface area (Å²) >= 11 is 0. The minimum Gasteiger partial charge on any atom is -0.493 e. The number of amides is 2. The molecule has 0 bridgehead atoms.